The summed E-state index contributed by atoms with van der Waals surface area (Å²) in [5, 5.41) is 0. The number of phosphoric acid groups is 1. The standard InChI is InChI=1S/C8H19O4P/c1-3-5-7-11-13(9,10)12-8-6-4-2/h3-8H2,1-2H3,(H,9,10)/i1D3,2D3,3D2,4D2,5D2,6D2,7D2,8D2. The maximum absolute atomic E-state index is 12.1. The Morgan fingerprint density at radius 1 is 1.31 bits per heavy atom. The molecule has 1 N–H and O–H groups in total. The SMILES string of the molecule is [2H]C([2H])([2H])C([2H])([2H])C([2H])([2H])C([2H])([2H])OP(=O)(O)OC([2H])([2H])C([2H])([2H])C([2H])([2H])C([2H])([2H])[2H]. The maximum Gasteiger partial charge on any atom is 0.472 e. The maximum atomic E-state index is 12.1. The van der Waals surface area contributed by atoms with E-state index >= 15 is 0 Å². The Morgan fingerprint density at radius 2 is 1.77 bits per heavy atom. The van der Waals surface area contributed by atoms with Crippen LogP contribution in [0, 0.1) is 0 Å². The predicted octanol–water partition coefficient (Wildman–Crippen LogP) is 2.72. The molecular weight excluding hydrogens is 191 g/mol. The fourth-order valence-corrected chi connectivity index (χ4v) is 0.590. The second-order valence-electron chi connectivity index (χ2n) is 1.36. The van der Waals surface area contributed by atoms with Gasteiger partial charge in [0.1, 0.15) is 0 Å². The summed E-state index contributed by atoms with van der Waals surface area (Å²) in [5.74, 6) is 0. The van der Waals surface area contributed by atoms with Gasteiger partial charge in [0, 0.05) is 19.2 Å². The Bertz CT molecular complexity index is 650. The van der Waals surface area contributed by atoms with Gasteiger partial charge in [-0.3, -0.25) is 9.05 Å². The van der Waals surface area contributed by atoms with Crippen LogP contribution in [-0.4, -0.2) is 18.0 Å². The van der Waals surface area contributed by atoms with Crippen LogP contribution in [0.2, 0.25) is 0 Å². The number of rotatable bonds is 8. The molecule has 0 amide bonds. The number of hydrogen-bond acceptors (Lipinski definition) is 3. The van der Waals surface area contributed by atoms with Gasteiger partial charge < -0.3 is 4.89 Å². The van der Waals surface area contributed by atoms with Crippen molar-refractivity contribution >= 4 is 7.82 Å². The summed E-state index contributed by atoms with van der Waals surface area (Å²) >= 11 is 0. The van der Waals surface area contributed by atoms with Crippen LogP contribution in [0.25, 0.3) is 0 Å². The molecule has 0 aliphatic carbocycles. The van der Waals surface area contributed by atoms with Crippen LogP contribution in [0.1, 0.15) is 63.9 Å². The van der Waals surface area contributed by atoms with E-state index in [1.54, 1.807) is 0 Å². The van der Waals surface area contributed by atoms with E-state index in [1.807, 2.05) is 0 Å². The summed E-state index contributed by atoms with van der Waals surface area (Å²) in [4.78, 5) is 9.62. The summed E-state index contributed by atoms with van der Waals surface area (Å²) in [6.07, 6.45) is -16.5. The van der Waals surface area contributed by atoms with Crippen molar-refractivity contribution in [3.63, 3.8) is 0 Å². The molecule has 0 aromatic carbocycles. The average Bonchev–Trinajstić information content (AvgIpc) is 2.41. The fourth-order valence-electron chi connectivity index (χ4n) is 0.231. The Labute approximate surface area is 105 Å². The Kier molecular flexibility index (Phi) is 1.22. The summed E-state index contributed by atoms with van der Waals surface area (Å²) in [5.41, 5.74) is 0. The zero-order valence-corrected chi connectivity index (χ0v) is 7.01. The molecule has 0 heterocycles. The van der Waals surface area contributed by atoms with Crippen molar-refractivity contribution in [1.29, 1.82) is 0 Å². The van der Waals surface area contributed by atoms with Gasteiger partial charge in [0.05, 0.1) is 18.6 Å². The van der Waals surface area contributed by atoms with Crippen LogP contribution in [0.15, 0.2) is 0 Å². The van der Waals surface area contributed by atoms with Crippen molar-refractivity contribution in [3.8, 4) is 0 Å². The highest BCUT2D eigenvalue weighted by Gasteiger charge is 2.19. The summed E-state index contributed by atoms with van der Waals surface area (Å²) in [6, 6.07) is 0. The molecule has 0 unspecified atom stereocenters. The molecule has 80 valence electrons. The van der Waals surface area contributed by atoms with E-state index in [0.717, 1.165) is 0 Å². The van der Waals surface area contributed by atoms with E-state index in [9.17, 15) is 9.46 Å². The van der Waals surface area contributed by atoms with E-state index in [0.29, 0.717) is 0 Å². The monoisotopic (exact) mass is 228 g/mol. The van der Waals surface area contributed by atoms with Crippen LogP contribution in [0.4, 0.5) is 0 Å². The molecule has 0 saturated carbocycles. The molecule has 0 aromatic rings. The third-order valence-electron chi connectivity index (χ3n) is 0.549. The molecule has 0 saturated heterocycles. The summed E-state index contributed by atoms with van der Waals surface area (Å²) in [6.45, 7) is -16.2. The van der Waals surface area contributed by atoms with E-state index in [2.05, 4.69) is 9.05 Å². The lowest BCUT2D eigenvalue weighted by Gasteiger charge is -2.10. The largest absolute Gasteiger partial charge is 0.472 e. The van der Waals surface area contributed by atoms with Crippen molar-refractivity contribution in [2.75, 3.05) is 13.1 Å². The molecule has 0 aliphatic heterocycles. The summed E-state index contributed by atoms with van der Waals surface area (Å²) in [7, 11) is -6.30. The van der Waals surface area contributed by atoms with E-state index in [-0.39, 0.29) is 0 Å². The van der Waals surface area contributed by atoms with Crippen LogP contribution < -0.4 is 0 Å². The number of hydrogen-bond donors (Lipinski definition) is 1. The molecule has 0 fully saturated rings. The number of phosphoric ester groups is 1. The molecule has 0 radical (unpaired) electrons. The van der Waals surface area contributed by atoms with Gasteiger partial charge in [0.2, 0.25) is 0 Å². The van der Waals surface area contributed by atoms with Crippen molar-refractivity contribution < 1.29 is 43.2 Å². The zero-order valence-electron chi connectivity index (χ0n) is 24.1. The lowest BCUT2D eigenvalue weighted by atomic mass is 10.4. The molecule has 0 rings (SSSR count). The minimum atomic E-state index is -6.30. The van der Waals surface area contributed by atoms with Gasteiger partial charge in [-0.05, 0) is 12.7 Å². The molecular formula is C8H19O4P. The lowest BCUT2D eigenvalue weighted by molar-refractivity contribution is 0.146. The first-order valence-corrected chi connectivity index (χ1v) is 4.15. The first-order chi connectivity index (χ1) is 12.9. The van der Waals surface area contributed by atoms with Crippen molar-refractivity contribution in [2.45, 2.75) is 39.2 Å². The minimum absolute atomic E-state index is 3.79. The fraction of sp³-hybridized carbons (Fsp3) is 1.00. The molecule has 4 nitrogen and oxygen atoms in total. The van der Waals surface area contributed by atoms with Gasteiger partial charge in [-0.2, -0.15) is 0 Å². The van der Waals surface area contributed by atoms with Crippen molar-refractivity contribution in [3.05, 3.63) is 0 Å². The second-order valence-corrected chi connectivity index (χ2v) is 2.66. The van der Waals surface area contributed by atoms with Crippen LogP contribution in [-0.2, 0) is 13.6 Å². The van der Waals surface area contributed by atoms with Gasteiger partial charge in [-0.15, -0.1) is 0 Å². The molecule has 0 atom stereocenters. The molecule has 0 spiro atoms. The molecule has 5 heteroatoms. The van der Waals surface area contributed by atoms with E-state index < -0.39 is 60.1 Å². The first-order valence-electron chi connectivity index (χ1n) is 11.7. The van der Waals surface area contributed by atoms with Crippen molar-refractivity contribution in [1.82, 2.24) is 0 Å². The van der Waals surface area contributed by atoms with Crippen molar-refractivity contribution in [2.24, 2.45) is 0 Å². The first kappa shape index (κ1) is 2.12. The van der Waals surface area contributed by atoms with Crippen LogP contribution in [0.3, 0.4) is 0 Å². The zero-order chi connectivity index (χ0) is 25.9. The molecule has 13 heavy (non-hydrogen) atoms. The van der Waals surface area contributed by atoms with Gasteiger partial charge in [-0.1, -0.05) is 26.4 Å². The van der Waals surface area contributed by atoms with Crippen LogP contribution in [0.5, 0.6) is 0 Å². The van der Waals surface area contributed by atoms with Gasteiger partial charge in [0.25, 0.3) is 0 Å². The van der Waals surface area contributed by atoms with E-state index in [4.69, 9.17) is 24.7 Å². The third-order valence-corrected chi connectivity index (χ3v) is 1.19. The smallest absolute Gasteiger partial charge is 0.302 e. The molecule has 0 aliphatic rings. The lowest BCUT2D eigenvalue weighted by Crippen LogP contribution is -1.98. The molecule has 0 aromatic heterocycles. The highest BCUT2D eigenvalue weighted by atomic mass is 31.2. The van der Waals surface area contributed by atoms with Gasteiger partial charge in [-0.25, -0.2) is 4.57 Å². The highest BCUT2D eigenvalue weighted by Crippen LogP contribution is 2.43. The Hall–Kier alpha value is 0.110. The average molecular weight is 228 g/mol. The molecule has 0 bridgehead atoms. The van der Waals surface area contributed by atoms with Crippen LogP contribution >= 0.6 is 7.82 Å². The predicted molar refractivity (Wildman–Crippen MR) is 51.5 cm³/mol. The Morgan fingerprint density at radius 3 is 2.15 bits per heavy atom. The topological polar surface area (TPSA) is 55.8 Å². The highest BCUT2D eigenvalue weighted by molar-refractivity contribution is 7.47. The Balaban J connectivity index is 6.11. The van der Waals surface area contributed by atoms with Gasteiger partial charge >= 0.3 is 7.82 Å². The van der Waals surface area contributed by atoms with Gasteiger partial charge in [0.15, 0.2) is 0 Å². The second kappa shape index (κ2) is 7.51. The summed E-state index contributed by atoms with van der Waals surface area (Å²) < 4.78 is 150. The third kappa shape index (κ3) is 8.44. The van der Waals surface area contributed by atoms with E-state index in [1.165, 1.54) is 0 Å². The normalized spacial score (nSPS) is 41.0. The minimum Gasteiger partial charge on any atom is -0.302 e. The quantitative estimate of drug-likeness (QED) is 0.649.